The molecule has 0 bridgehead atoms. The summed E-state index contributed by atoms with van der Waals surface area (Å²) in [7, 11) is 0. The minimum absolute atomic E-state index is 0.0669. The molecule has 0 saturated carbocycles. The van der Waals surface area contributed by atoms with Gasteiger partial charge in [-0.25, -0.2) is 0 Å². The predicted molar refractivity (Wildman–Crippen MR) is 80.8 cm³/mol. The van der Waals surface area contributed by atoms with Crippen LogP contribution in [0.4, 0.5) is 5.82 Å². The van der Waals surface area contributed by atoms with Crippen molar-refractivity contribution in [1.82, 2.24) is 15.0 Å². The Kier molecular flexibility index (Phi) is 3.46. The van der Waals surface area contributed by atoms with Crippen molar-refractivity contribution in [3.63, 3.8) is 0 Å². The highest BCUT2D eigenvalue weighted by atomic mass is 16.3. The number of hydrogen-bond acceptors (Lipinski definition) is 5. The molecule has 0 aliphatic heterocycles. The summed E-state index contributed by atoms with van der Waals surface area (Å²) in [5, 5.41) is 11.1. The molecule has 0 aliphatic rings. The summed E-state index contributed by atoms with van der Waals surface area (Å²) in [4.78, 5) is 25.6. The number of carbonyl (C=O) groups is 1. The SMILES string of the molecule is CC(C)n1ncc(NC(=O)c2cc(=O)c3ccccc3o2)n1. The van der Waals surface area contributed by atoms with E-state index in [0.717, 1.165) is 0 Å². The van der Waals surface area contributed by atoms with E-state index >= 15 is 0 Å². The van der Waals surface area contributed by atoms with Crippen LogP contribution in [0.1, 0.15) is 30.4 Å². The van der Waals surface area contributed by atoms with E-state index in [1.54, 1.807) is 24.3 Å². The zero-order valence-electron chi connectivity index (χ0n) is 12.1. The third-order valence-corrected chi connectivity index (χ3v) is 3.07. The predicted octanol–water partition coefficient (Wildman–Crippen LogP) is 2.22. The van der Waals surface area contributed by atoms with E-state index in [9.17, 15) is 9.59 Å². The van der Waals surface area contributed by atoms with Gasteiger partial charge in [0.15, 0.2) is 17.0 Å². The van der Waals surface area contributed by atoms with Crippen molar-refractivity contribution >= 4 is 22.7 Å². The molecule has 1 aromatic carbocycles. The number of anilines is 1. The lowest BCUT2D eigenvalue weighted by molar-refractivity contribution is 0.0996. The van der Waals surface area contributed by atoms with E-state index in [0.29, 0.717) is 16.8 Å². The van der Waals surface area contributed by atoms with Crippen LogP contribution >= 0.6 is 0 Å². The summed E-state index contributed by atoms with van der Waals surface area (Å²) in [6.07, 6.45) is 1.44. The lowest BCUT2D eigenvalue weighted by Gasteiger charge is -2.03. The average molecular weight is 298 g/mol. The van der Waals surface area contributed by atoms with Gasteiger partial charge in [-0.3, -0.25) is 9.59 Å². The fraction of sp³-hybridized carbons (Fsp3) is 0.200. The number of para-hydroxylation sites is 1. The fourth-order valence-electron chi connectivity index (χ4n) is 1.98. The number of nitrogens with zero attached hydrogens (tertiary/aromatic N) is 3. The summed E-state index contributed by atoms with van der Waals surface area (Å²) >= 11 is 0. The van der Waals surface area contributed by atoms with Crippen molar-refractivity contribution in [1.29, 1.82) is 0 Å². The van der Waals surface area contributed by atoms with Crippen molar-refractivity contribution < 1.29 is 9.21 Å². The van der Waals surface area contributed by atoms with E-state index in [-0.39, 0.29) is 17.2 Å². The summed E-state index contributed by atoms with van der Waals surface area (Å²) in [6.45, 7) is 3.85. The monoisotopic (exact) mass is 298 g/mol. The van der Waals surface area contributed by atoms with Crippen molar-refractivity contribution in [2.75, 3.05) is 5.32 Å². The molecule has 0 aliphatic carbocycles. The summed E-state index contributed by atoms with van der Waals surface area (Å²) in [5.74, 6) is -0.309. The van der Waals surface area contributed by atoms with Crippen LogP contribution in [0.15, 0.2) is 45.7 Å². The van der Waals surface area contributed by atoms with Crippen LogP contribution in [-0.2, 0) is 0 Å². The number of carbonyl (C=O) groups excluding carboxylic acids is 1. The van der Waals surface area contributed by atoms with Gasteiger partial charge >= 0.3 is 0 Å². The number of rotatable bonds is 3. The van der Waals surface area contributed by atoms with E-state index in [2.05, 4.69) is 15.5 Å². The van der Waals surface area contributed by atoms with Crippen molar-refractivity contribution in [2.45, 2.75) is 19.9 Å². The Morgan fingerprint density at radius 1 is 1.32 bits per heavy atom. The lowest BCUT2D eigenvalue weighted by atomic mass is 10.2. The maximum atomic E-state index is 12.2. The molecule has 7 nitrogen and oxygen atoms in total. The van der Waals surface area contributed by atoms with Gasteiger partial charge in [0, 0.05) is 6.07 Å². The Balaban J connectivity index is 1.90. The van der Waals surface area contributed by atoms with Gasteiger partial charge < -0.3 is 9.73 Å². The molecule has 0 saturated heterocycles. The molecule has 3 rings (SSSR count). The van der Waals surface area contributed by atoms with E-state index in [4.69, 9.17) is 4.42 Å². The Labute approximate surface area is 125 Å². The largest absolute Gasteiger partial charge is 0.451 e. The first-order valence-corrected chi connectivity index (χ1v) is 6.80. The first kappa shape index (κ1) is 14.0. The number of aromatic nitrogens is 3. The molecule has 1 N–H and O–H groups in total. The highest BCUT2D eigenvalue weighted by Crippen LogP contribution is 2.13. The van der Waals surface area contributed by atoms with E-state index in [1.807, 2.05) is 13.8 Å². The van der Waals surface area contributed by atoms with Crippen molar-refractivity contribution in [3.05, 3.63) is 52.5 Å². The third kappa shape index (κ3) is 2.60. The normalized spacial score (nSPS) is 11.0. The van der Waals surface area contributed by atoms with Crippen molar-refractivity contribution in [3.8, 4) is 0 Å². The second-order valence-electron chi connectivity index (χ2n) is 5.07. The minimum atomic E-state index is -0.543. The molecule has 0 fully saturated rings. The number of fused-ring (bicyclic) bond motifs is 1. The Morgan fingerprint density at radius 3 is 2.82 bits per heavy atom. The number of amides is 1. The summed E-state index contributed by atoms with van der Waals surface area (Å²) in [6, 6.07) is 8.03. The zero-order chi connectivity index (χ0) is 15.7. The molecule has 0 atom stereocenters. The molecule has 0 unspecified atom stereocenters. The summed E-state index contributed by atoms with van der Waals surface area (Å²) < 4.78 is 5.46. The van der Waals surface area contributed by atoms with E-state index < -0.39 is 5.91 Å². The van der Waals surface area contributed by atoms with Crippen molar-refractivity contribution in [2.24, 2.45) is 0 Å². The molecular formula is C15H14N4O3. The highest BCUT2D eigenvalue weighted by molar-refractivity contribution is 6.02. The third-order valence-electron chi connectivity index (χ3n) is 3.07. The van der Waals surface area contributed by atoms with Gasteiger partial charge in [0.05, 0.1) is 17.6 Å². The van der Waals surface area contributed by atoms with Gasteiger partial charge in [0.25, 0.3) is 5.91 Å². The zero-order valence-corrected chi connectivity index (χ0v) is 12.1. The van der Waals surface area contributed by atoms with Crippen LogP contribution in [-0.4, -0.2) is 20.9 Å². The molecule has 1 amide bonds. The first-order chi connectivity index (χ1) is 10.5. The Bertz CT molecular complexity index is 895. The van der Waals surface area contributed by atoms with Crippen LogP contribution in [0.5, 0.6) is 0 Å². The van der Waals surface area contributed by atoms with Gasteiger partial charge in [0.2, 0.25) is 0 Å². The second-order valence-corrected chi connectivity index (χ2v) is 5.07. The number of nitrogens with one attached hydrogen (secondary N) is 1. The maximum Gasteiger partial charge on any atom is 0.292 e. The molecule has 2 aromatic heterocycles. The van der Waals surface area contributed by atoms with Crippen LogP contribution in [0, 0.1) is 0 Å². The first-order valence-electron chi connectivity index (χ1n) is 6.80. The minimum Gasteiger partial charge on any atom is -0.451 e. The van der Waals surface area contributed by atoms with Crippen LogP contribution < -0.4 is 10.7 Å². The molecule has 22 heavy (non-hydrogen) atoms. The smallest absolute Gasteiger partial charge is 0.292 e. The van der Waals surface area contributed by atoms with Gasteiger partial charge in [-0.1, -0.05) is 12.1 Å². The quantitative estimate of drug-likeness (QED) is 0.800. The molecule has 7 heteroatoms. The van der Waals surface area contributed by atoms with Gasteiger partial charge in [0.1, 0.15) is 5.58 Å². The Morgan fingerprint density at radius 2 is 2.09 bits per heavy atom. The maximum absolute atomic E-state index is 12.2. The van der Waals surface area contributed by atoms with E-state index in [1.165, 1.54) is 17.1 Å². The molecule has 3 aromatic rings. The van der Waals surface area contributed by atoms with Crippen LogP contribution in [0.25, 0.3) is 11.0 Å². The topological polar surface area (TPSA) is 90.0 Å². The Hall–Kier alpha value is -2.96. The molecular weight excluding hydrogens is 284 g/mol. The molecule has 0 radical (unpaired) electrons. The molecule has 2 heterocycles. The van der Waals surface area contributed by atoms with Gasteiger partial charge in [-0.15, -0.1) is 5.10 Å². The second kappa shape index (κ2) is 5.44. The lowest BCUT2D eigenvalue weighted by Crippen LogP contribution is -2.15. The van der Waals surface area contributed by atoms with Gasteiger partial charge in [-0.05, 0) is 26.0 Å². The number of hydrogen-bond donors (Lipinski definition) is 1. The fourth-order valence-corrected chi connectivity index (χ4v) is 1.98. The van der Waals surface area contributed by atoms with Crippen LogP contribution in [0.3, 0.4) is 0 Å². The average Bonchev–Trinajstić information content (AvgIpc) is 2.96. The molecule has 112 valence electrons. The molecule has 0 spiro atoms. The van der Waals surface area contributed by atoms with Crippen LogP contribution in [0.2, 0.25) is 0 Å². The highest BCUT2D eigenvalue weighted by Gasteiger charge is 2.14. The van der Waals surface area contributed by atoms with Gasteiger partial charge in [-0.2, -0.15) is 9.90 Å². The number of benzene rings is 1. The summed E-state index contributed by atoms with van der Waals surface area (Å²) in [5.41, 5.74) is 0.101. The standard InChI is InChI=1S/C15H14N4O3/c1-9(2)19-16-8-14(18-19)17-15(21)13-7-11(20)10-5-3-4-6-12(10)22-13/h3-9H,1-2H3,(H,17,18,21).